The molecule has 3 heteroatoms. The molecule has 1 rings (SSSR count). The molecule has 0 radical (unpaired) electrons. The molecule has 3 atom stereocenters. The van der Waals surface area contributed by atoms with Crippen LogP contribution in [0.5, 0.6) is 0 Å². The van der Waals surface area contributed by atoms with Gasteiger partial charge in [0.1, 0.15) is 0 Å². The minimum atomic E-state index is 0.204. The van der Waals surface area contributed by atoms with E-state index < -0.39 is 0 Å². The first-order chi connectivity index (χ1) is 7.26. The zero-order chi connectivity index (χ0) is 11.1. The maximum Gasteiger partial charge on any atom is 0.0935 e. The molecule has 3 unspecified atom stereocenters. The molecular formula is C12H25NO2. The third-order valence-corrected chi connectivity index (χ3v) is 3.06. The van der Waals surface area contributed by atoms with Crippen LogP contribution in [-0.4, -0.2) is 39.5 Å². The van der Waals surface area contributed by atoms with Gasteiger partial charge in [-0.15, -0.1) is 0 Å². The largest absolute Gasteiger partial charge is 0.382 e. The Labute approximate surface area is 93.5 Å². The minimum absolute atomic E-state index is 0.204. The van der Waals surface area contributed by atoms with Gasteiger partial charge in [-0.1, -0.05) is 19.8 Å². The fourth-order valence-corrected chi connectivity index (χ4v) is 2.33. The van der Waals surface area contributed by atoms with E-state index in [1.807, 2.05) is 7.05 Å². The summed E-state index contributed by atoms with van der Waals surface area (Å²) in [7, 11) is 3.69. The number of likely N-dealkylation sites (N-methyl/N-ethyl adjacent to an activating group) is 1. The van der Waals surface area contributed by atoms with Crippen molar-refractivity contribution in [3.05, 3.63) is 0 Å². The second kappa shape index (κ2) is 7.20. The Balaban J connectivity index is 2.28. The van der Waals surface area contributed by atoms with Crippen molar-refractivity contribution in [1.29, 1.82) is 0 Å². The first kappa shape index (κ1) is 12.9. The summed E-state index contributed by atoms with van der Waals surface area (Å²) in [5, 5.41) is 3.15. The van der Waals surface area contributed by atoms with Crippen molar-refractivity contribution in [2.45, 2.75) is 44.8 Å². The first-order valence-electron chi connectivity index (χ1n) is 6.05. The van der Waals surface area contributed by atoms with Crippen LogP contribution in [0.3, 0.4) is 0 Å². The molecule has 0 aromatic rings. The van der Waals surface area contributed by atoms with E-state index in [0.29, 0.717) is 12.7 Å². The second-order valence-corrected chi connectivity index (χ2v) is 4.66. The minimum Gasteiger partial charge on any atom is -0.382 e. The normalized spacial score (nSPS) is 29.0. The molecule has 1 fully saturated rings. The summed E-state index contributed by atoms with van der Waals surface area (Å²) in [5.41, 5.74) is 0. The van der Waals surface area contributed by atoms with E-state index in [2.05, 4.69) is 12.2 Å². The van der Waals surface area contributed by atoms with Crippen LogP contribution in [0.1, 0.15) is 32.6 Å². The van der Waals surface area contributed by atoms with Crippen LogP contribution in [0.4, 0.5) is 0 Å². The molecule has 0 aromatic carbocycles. The lowest BCUT2D eigenvalue weighted by Gasteiger charge is -2.30. The quantitative estimate of drug-likeness (QED) is 0.733. The molecule has 0 aliphatic heterocycles. The van der Waals surface area contributed by atoms with Crippen LogP contribution in [0.15, 0.2) is 0 Å². The van der Waals surface area contributed by atoms with E-state index in [1.54, 1.807) is 7.11 Å². The van der Waals surface area contributed by atoms with Gasteiger partial charge in [0, 0.05) is 13.7 Å². The van der Waals surface area contributed by atoms with Gasteiger partial charge >= 0.3 is 0 Å². The summed E-state index contributed by atoms with van der Waals surface area (Å²) < 4.78 is 11.2. The summed E-state index contributed by atoms with van der Waals surface area (Å²) >= 11 is 0. The molecule has 15 heavy (non-hydrogen) atoms. The van der Waals surface area contributed by atoms with E-state index in [1.165, 1.54) is 25.7 Å². The van der Waals surface area contributed by atoms with Crippen LogP contribution in [-0.2, 0) is 9.47 Å². The van der Waals surface area contributed by atoms with Crippen LogP contribution < -0.4 is 5.32 Å². The molecular weight excluding hydrogens is 190 g/mol. The zero-order valence-corrected chi connectivity index (χ0v) is 10.3. The van der Waals surface area contributed by atoms with E-state index >= 15 is 0 Å². The van der Waals surface area contributed by atoms with Crippen molar-refractivity contribution < 1.29 is 9.47 Å². The summed E-state index contributed by atoms with van der Waals surface area (Å²) in [6, 6.07) is 0. The van der Waals surface area contributed by atoms with E-state index in [9.17, 15) is 0 Å². The van der Waals surface area contributed by atoms with E-state index in [0.717, 1.165) is 12.5 Å². The van der Waals surface area contributed by atoms with Gasteiger partial charge in [-0.05, 0) is 25.8 Å². The molecule has 1 aliphatic rings. The van der Waals surface area contributed by atoms with Crippen LogP contribution >= 0.6 is 0 Å². The fourth-order valence-electron chi connectivity index (χ4n) is 2.33. The number of hydrogen-bond donors (Lipinski definition) is 1. The average Bonchev–Trinajstić information content (AvgIpc) is 2.18. The lowest BCUT2D eigenvalue weighted by molar-refractivity contribution is -0.0652. The van der Waals surface area contributed by atoms with Crippen molar-refractivity contribution >= 4 is 0 Å². The summed E-state index contributed by atoms with van der Waals surface area (Å²) in [4.78, 5) is 0. The van der Waals surface area contributed by atoms with Crippen LogP contribution in [0.2, 0.25) is 0 Å². The Hall–Kier alpha value is -0.120. The van der Waals surface area contributed by atoms with Crippen molar-refractivity contribution in [3.63, 3.8) is 0 Å². The molecule has 1 aliphatic carbocycles. The van der Waals surface area contributed by atoms with Gasteiger partial charge in [0.25, 0.3) is 0 Å². The predicted molar refractivity (Wildman–Crippen MR) is 62.1 cm³/mol. The molecule has 1 N–H and O–H groups in total. The topological polar surface area (TPSA) is 30.5 Å². The molecule has 0 spiro atoms. The number of methoxy groups -OCH3 is 1. The molecule has 0 aromatic heterocycles. The summed E-state index contributed by atoms with van der Waals surface area (Å²) in [6.07, 6.45) is 5.75. The van der Waals surface area contributed by atoms with Crippen molar-refractivity contribution in [2.24, 2.45) is 5.92 Å². The van der Waals surface area contributed by atoms with Gasteiger partial charge in [-0.25, -0.2) is 0 Å². The van der Waals surface area contributed by atoms with Crippen LogP contribution in [0.25, 0.3) is 0 Å². The van der Waals surface area contributed by atoms with Crippen molar-refractivity contribution in [3.8, 4) is 0 Å². The number of rotatable bonds is 6. The van der Waals surface area contributed by atoms with Crippen molar-refractivity contribution in [1.82, 2.24) is 5.32 Å². The monoisotopic (exact) mass is 215 g/mol. The lowest BCUT2D eigenvalue weighted by Crippen LogP contribution is -2.35. The third kappa shape index (κ3) is 4.96. The van der Waals surface area contributed by atoms with Crippen LogP contribution in [0, 0.1) is 5.92 Å². The average molecular weight is 215 g/mol. The van der Waals surface area contributed by atoms with Gasteiger partial charge in [0.2, 0.25) is 0 Å². The first-order valence-corrected chi connectivity index (χ1v) is 6.05. The van der Waals surface area contributed by atoms with Gasteiger partial charge < -0.3 is 14.8 Å². The summed E-state index contributed by atoms with van der Waals surface area (Å²) in [5.74, 6) is 0.821. The Kier molecular flexibility index (Phi) is 6.22. The SMILES string of the molecule is CNCC(COC)OC1CCCC(C)C1. The van der Waals surface area contributed by atoms with Crippen molar-refractivity contribution in [2.75, 3.05) is 27.3 Å². The smallest absolute Gasteiger partial charge is 0.0935 e. The summed E-state index contributed by atoms with van der Waals surface area (Å²) in [6.45, 7) is 3.88. The van der Waals surface area contributed by atoms with Gasteiger partial charge in [-0.2, -0.15) is 0 Å². The highest BCUT2D eigenvalue weighted by atomic mass is 16.5. The maximum absolute atomic E-state index is 6.06. The predicted octanol–water partition coefficient (Wildman–Crippen LogP) is 1.82. The van der Waals surface area contributed by atoms with Gasteiger partial charge in [0.15, 0.2) is 0 Å². The highest BCUT2D eigenvalue weighted by Crippen LogP contribution is 2.26. The maximum atomic E-state index is 6.06. The molecule has 0 heterocycles. The highest BCUT2D eigenvalue weighted by molar-refractivity contribution is 4.73. The number of ether oxygens (including phenoxy) is 2. The van der Waals surface area contributed by atoms with Gasteiger partial charge in [-0.3, -0.25) is 0 Å². The molecule has 0 amide bonds. The lowest BCUT2D eigenvalue weighted by atomic mass is 9.88. The molecule has 1 saturated carbocycles. The second-order valence-electron chi connectivity index (χ2n) is 4.66. The third-order valence-electron chi connectivity index (χ3n) is 3.06. The highest BCUT2D eigenvalue weighted by Gasteiger charge is 2.22. The number of nitrogens with one attached hydrogen (secondary N) is 1. The Morgan fingerprint density at radius 3 is 2.80 bits per heavy atom. The zero-order valence-electron chi connectivity index (χ0n) is 10.3. The number of hydrogen-bond acceptors (Lipinski definition) is 3. The van der Waals surface area contributed by atoms with Gasteiger partial charge in [0.05, 0.1) is 18.8 Å². The molecule has 3 nitrogen and oxygen atoms in total. The van der Waals surface area contributed by atoms with E-state index in [4.69, 9.17) is 9.47 Å². The standard InChI is InChI=1S/C12H25NO2/c1-10-5-4-6-11(7-10)15-12(8-13-2)9-14-3/h10-13H,4-9H2,1-3H3. The Morgan fingerprint density at radius 2 is 2.20 bits per heavy atom. The molecule has 0 bridgehead atoms. The molecule has 90 valence electrons. The Morgan fingerprint density at radius 1 is 1.40 bits per heavy atom. The Bertz CT molecular complexity index is 155. The fraction of sp³-hybridized carbons (Fsp3) is 1.00. The molecule has 0 saturated heterocycles. The van der Waals surface area contributed by atoms with E-state index in [-0.39, 0.29) is 6.10 Å².